The van der Waals surface area contributed by atoms with Crippen LogP contribution in [0.5, 0.6) is 5.75 Å². The van der Waals surface area contributed by atoms with Crippen LogP contribution in [0.2, 0.25) is 0 Å². The molecule has 120 valence electrons. The maximum atomic E-state index is 13.0. The minimum atomic E-state index is -0.161. The van der Waals surface area contributed by atoms with Crippen LogP contribution in [-0.4, -0.2) is 40.7 Å². The highest BCUT2D eigenvalue weighted by Crippen LogP contribution is 2.36. The highest BCUT2D eigenvalue weighted by molar-refractivity contribution is 5.85. The molecule has 0 unspecified atom stereocenters. The molecule has 5 nitrogen and oxygen atoms in total. The Balaban J connectivity index is 1.51. The number of likely N-dealkylation sites (tertiary alicyclic amines) is 1. The highest BCUT2D eigenvalue weighted by Gasteiger charge is 2.35. The number of aromatic nitrogens is 2. The molecule has 2 aliphatic heterocycles. The molecule has 0 aliphatic carbocycles. The van der Waals surface area contributed by atoms with Gasteiger partial charge in [0, 0.05) is 30.3 Å². The Morgan fingerprint density at radius 2 is 2.26 bits per heavy atom. The van der Waals surface area contributed by atoms with E-state index in [9.17, 15) is 4.79 Å². The number of rotatable bonds is 2. The van der Waals surface area contributed by atoms with Gasteiger partial charge in [0.1, 0.15) is 18.3 Å². The van der Waals surface area contributed by atoms with Gasteiger partial charge in [0.15, 0.2) is 0 Å². The summed E-state index contributed by atoms with van der Waals surface area (Å²) in [5, 5.41) is 7.38. The summed E-state index contributed by atoms with van der Waals surface area (Å²) < 4.78 is 5.67. The number of hydrogen-bond acceptors (Lipinski definition) is 3. The van der Waals surface area contributed by atoms with Gasteiger partial charge < -0.3 is 9.64 Å². The largest absolute Gasteiger partial charge is 0.492 e. The summed E-state index contributed by atoms with van der Waals surface area (Å²) >= 11 is 0. The van der Waals surface area contributed by atoms with Gasteiger partial charge in [0.05, 0.1) is 5.69 Å². The lowest BCUT2D eigenvalue weighted by Crippen LogP contribution is -2.42. The number of aryl methyl sites for hydroxylation is 1. The van der Waals surface area contributed by atoms with E-state index in [-0.39, 0.29) is 11.8 Å². The second-order valence-corrected chi connectivity index (χ2v) is 6.50. The van der Waals surface area contributed by atoms with E-state index >= 15 is 0 Å². The summed E-state index contributed by atoms with van der Waals surface area (Å²) in [4.78, 5) is 15.0. The summed E-state index contributed by atoms with van der Waals surface area (Å²) in [6, 6.07) is 9.95. The fourth-order valence-corrected chi connectivity index (χ4v) is 3.65. The number of piperidine rings is 1. The lowest BCUT2D eigenvalue weighted by Gasteiger charge is -2.33. The Kier molecular flexibility index (Phi) is 3.56. The highest BCUT2D eigenvalue weighted by atomic mass is 16.5. The maximum Gasteiger partial charge on any atom is 0.233 e. The third kappa shape index (κ3) is 2.60. The molecule has 1 aromatic carbocycles. The van der Waals surface area contributed by atoms with Crippen LogP contribution in [0.25, 0.3) is 0 Å². The fraction of sp³-hybridized carbons (Fsp3) is 0.444. The van der Waals surface area contributed by atoms with Crippen LogP contribution in [0, 0.1) is 6.92 Å². The molecule has 23 heavy (non-hydrogen) atoms. The Morgan fingerprint density at radius 1 is 1.39 bits per heavy atom. The first-order valence-electron chi connectivity index (χ1n) is 8.25. The van der Waals surface area contributed by atoms with Gasteiger partial charge in [-0.05, 0) is 31.9 Å². The molecule has 5 heteroatoms. The van der Waals surface area contributed by atoms with Crippen LogP contribution in [0.4, 0.5) is 0 Å². The van der Waals surface area contributed by atoms with Crippen molar-refractivity contribution in [3.05, 3.63) is 47.3 Å². The van der Waals surface area contributed by atoms with Crippen LogP contribution in [-0.2, 0) is 4.79 Å². The van der Waals surface area contributed by atoms with Crippen molar-refractivity contribution >= 4 is 5.91 Å². The van der Waals surface area contributed by atoms with Gasteiger partial charge in [-0.25, -0.2) is 0 Å². The Morgan fingerprint density at radius 3 is 3.09 bits per heavy atom. The third-order valence-corrected chi connectivity index (χ3v) is 4.88. The molecule has 2 aromatic rings. The van der Waals surface area contributed by atoms with E-state index in [4.69, 9.17) is 4.74 Å². The Hall–Kier alpha value is -2.30. The average Bonchev–Trinajstić information content (AvgIpc) is 3.20. The van der Waals surface area contributed by atoms with Crippen molar-refractivity contribution in [2.45, 2.75) is 31.6 Å². The van der Waals surface area contributed by atoms with Gasteiger partial charge in [-0.1, -0.05) is 18.2 Å². The summed E-state index contributed by atoms with van der Waals surface area (Å²) in [6.07, 6.45) is 2.11. The molecular formula is C18H21N3O2. The topological polar surface area (TPSA) is 58.2 Å². The lowest BCUT2D eigenvalue weighted by atomic mass is 9.92. The molecule has 1 saturated heterocycles. The second kappa shape index (κ2) is 5.72. The van der Waals surface area contributed by atoms with E-state index in [0.29, 0.717) is 12.5 Å². The summed E-state index contributed by atoms with van der Waals surface area (Å²) in [6.45, 7) is 4.05. The SMILES string of the molecule is Cc1cc([C@H]2CCCN(C(=O)[C@@H]3COc4ccccc43)C2)n[nH]1. The summed E-state index contributed by atoms with van der Waals surface area (Å²) in [5.41, 5.74) is 3.17. The Labute approximate surface area is 135 Å². The van der Waals surface area contributed by atoms with Crippen LogP contribution in [0.1, 0.15) is 41.6 Å². The predicted octanol–water partition coefficient (Wildman–Crippen LogP) is 2.60. The minimum Gasteiger partial charge on any atom is -0.492 e. The van der Waals surface area contributed by atoms with Crippen LogP contribution >= 0.6 is 0 Å². The van der Waals surface area contributed by atoms with Crippen LogP contribution in [0.15, 0.2) is 30.3 Å². The van der Waals surface area contributed by atoms with Gasteiger partial charge in [-0.3, -0.25) is 9.89 Å². The molecule has 2 atom stereocenters. The van der Waals surface area contributed by atoms with E-state index in [0.717, 1.165) is 48.6 Å². The zero-order valence-corrected chi connectivity index (χ0v) is 13.3. The van der Waals surface area contributed by atoms with Crippen molar-refractivity contribution in [1.29, 1.82) is 0 Å². The number of para-hydroxylation sites is 1. The molecule has 1 fully saturated rings. The van der Waals surface area contributed by atoms with E-state index in [2.05, 4.69) is 16.3 Å². The first kappa shape index (κ1) is 14.3. The quantitative estimate of drug-likeness (QED) is 0.927. The van der Waals surface area contributed by atoms with Crippen molar-refractivity contribution < 1.29 is 9.53 Å². The van der Waals surface area contributed by atoms with Gasteiger partial charge in [-0.15, -0.1) is 0 Å². The molecule has 3 heterocycles. The lowest BCUT2D eigenvalue weighted by molar-refractivity contribution is -0.134. The first-order chi connectivity index (χ1) is 11.2. The molecule has 0 bridgehead atoms. The molecule has 1 amide bonds. The summed E-state index contributed by atoms with van der Waals surface area (Å²) in [7, 11) is 0. The normalized spacial score (nSPS) is 23.4. The molecule has 1 N–H and O–H groups in total. The monoisotopic (exact) mass is 311 g/mol. The van der Waals surface area contributed by atoms with E-state index < -0.39 is 0 Å². The summed E-state index contributed by atoms with van der Waals surface area (Å²) in [5.74, 6) is 1.20. The molecule has 0 spiro atoms. The van der Waals surface area contributed by atoms with Gasteiger partial charge in [0.2, 0.25) is 5.91 Å². The number of nitrogens with zero attached hydrogens (tertiary/aromatic N) is 2. The number of carbonyl (C=O) groups excluding carboxylic acids is 1. The smallest absolute Gasteiger partial charge is 0.233 e. The molecule has 1 aromatic heterocycles. The fourth-order valence-electron chi connectivity index (χ4n) is 3.65. The number of benzene rings is 1. The van der Waals surface area contributed by atoms with Crippen molar-refractivity contribution in [3.8, 4) is 5.75 Å². The number of nitrogens with one attached hydrogen (secondary N) is 1. The number of aromatic amines is 1. The minimum absolute atomic E-state index is 0.161. The predicted molar refractivity (Wildman–Crippen MR) is 86.6 cm³/mol. The van der Waals surface area contributed by atoms with Gasteiger partial charge in [-0.2, -0.15) is 5.10 Å². The van der Waals surface area contributed by atoms with E-state index in [1.54, 1.807) is 0 Å². The van der Waals surface area contributed by atoms with Gasteiger partial charge in [0.25, 0.3) is 0 Å². The van der Waals surface area contributed by atoms with Crippen molar-refractivity contribution in [2.24, 2.45) is 0 Å². The molecule has 4 rings (SSSR count). The number of carbonyl (C=O) groups is 1. The molecule has 0 saturated carbocycles. The van der Waals surface area contributed by atoms with Crippen molar-refractivity contribution in [2.75, 3.05) is 19.7 Å². The Bertz CT molecular complexity index is 725. The zero-order valence-electron chi connectivity index (χ0n) is 13.3. The maximum absolute atomic E-state index is 13.0. The number of amides is 1. The molecular weight excluding hydrogens is 290 g/mol. The van der Waals surface area contributed by atoms with Crippen LogP contribution < -0.4 is 4.74 Å². The van der Waals surface area contributed by atoms with Crippen molar-refractivity contribution in [1.82, 2.24) is 15.1 Å². The van der Waals surface area contributed by atoms with E-state index in [1.165, 1.54) is 0 Å². The zero-order chi connectivity index (χ0) is 15.8. The first-order valence-corrected chi connectivity index (χ1v) is 8.25. The van der Waals surface area contributed by atoms with E-state index in [1.807, 2.05) is 36.1 Å². The number of ether oxygens (including phenoxy) is 1. The standard InChI is InChI=1S/C18H21N3O2/c1-12-9-16(20-19-12)13-5-4-8-21(10-13)18(22)15-11-23-17-7-3-2-6-14(15)17/h2-3,6-7,9,13,15H,4-5,8,10-11H2,1H3,(H,19,20)/t13-,15+/m0/s1. The average molecular weight is 311 g/mol. The molecule has 2 aliphatic rings. The third-order valence-electron chi connectivity index (χ3n) is 4.88. The molecule has 0 radical (unpaired) electrons. The van der Waals surface area contributed by atoms with Gasteiger partial charge >= 0.3 is 0 Å². The second-order valence-electron chi connectivity index (χ2n) is 6.50. The van der Waals surface area contributed by atoms with Crippen molar-refractivity contribution in [3.63, 3.8) is 0 Å². The number of fused-ring (bicyclic) bond motifs is 1. The van der Waals surface area contributed by atoms with Crippen LogP contribution in [0.3, 0.4) is 0 Å². The number of hydrogen-bond donors (Lipinski definition) is 1. The number of H-pyrrole nitrogens is 1.